The zero-order chi connectivity index (χ0) is 26.2. The maximum absolute atomic E-state index is 13.1. The standard InChI is InChI=1S/C28H33ClF3NO2/c1-6-7-10-23(27(34)15-12-18(2)3)22-11-8-9-19(4)25(22)17-35-33-20(5)24-16-21(28(30,31)32)13-14-26(24)29/h8-11,13-14,16,18H,6-7,12,15,17H2,1-5H3/b23-10-,33-20+. The van der Waals surface area contributed by atoms with E-state index in [0.29, 0.717) is 17.9 Å². The summed E-state index contributed by atoms with van der Waals surface area (Å²) in [6.45, 7) is 9.78. The fourth-order valence-corrected chi connectivity index (χ4v) is 3.84. The minimum Gasteiger partial charge on any atom is -0.391 e. The van der Waals surface area contributed by atoms with Gasteiger partial charge in [-0.2, -0.15) is 13.2 Å². The summed E-state index contributed by atoms with van der Waals surface area (Å²) in [6.07, 6.45) is 0.466. The Morgan fingerprint density at radius 1 is 1.17 bits per heavy atom. The third-order valence-corrected chi connectivity index (χ3v) is 6.01. The van der Waals surface area contributed by atoms with Crippen molar-refractivity contribution in [2.45, 2.75) is 73.1 Å². The van der Waals surface area contributed by atoms with Crippen LogP contribution in [-0.4, -0.2) is 11.5 Å². The van der Waals surface area contributed by atoms with Crippen molar-refractivity contribution in [3.05, 3.63) is 75.3 Å². The first-order valence-electron chi connectivity index (χ1n) is 11.8. The van der Waals surface area contributed by atoms with Crippen LogP contribution in [0.5, 0.6) is 0 Å². The molecule has 0 heterocycles. The van der Waals surface area contributed by atoms with E-state index >= 15 is 0 Å². The summed E-state index contributed by atoms with van der Waals surface area (Å²) in [7, 11) is 0. The van der Waals surface area contributed by atoms with Gasteiger partial charge in [-0.15, -0.1) is 0 Å². The molecular formula is C28H33ClF3NO2. The fraction of sp³-hybridized carbons (Fsp3) is 0.429. The average molecular weight is 508 g/mol. The van der Waals surface area contributed by atoms with Gasteiger partial charge in [-0.05, 0) is 61.9 Å². The summed E-state index contributed by atoms with van der Waals surface area (Å²) < 4.78 is 39.3. The smallest absolute Gasteiger partial charge is 0.391 e. The van der Waals surface area contributed by atoms with Gasteiger partial charge in [0.25, 0.3) is 0 Å². The molecule has 0 saturated carbocycles. The number of oxime groups is 1. The van der Waals surface area contributed by atoms with E-state index in [1.54, 1.807) is 6.92 Å². The molecule has 0 radical (unpaired) electrons. The third kappa shape index (κ3) is 8.24. The first-order valence-corrected chi connectivity index (χ1v) is 12.2. The van der Waals surface area contributed by atoms with Crippen LogP contribution >= 0.6 is 11.6 Å². The van der Waals surface area contributed by atoms with Crippen LogP contribution in [0.25, 0.3) is 5.57 Å². The number of unbranched alkanes of at least 4 members (excludes halogenated alkanes) is 1. The number of halogens is 4. The van der Waals surface area contributed by atoms with Gasteiger partial charge in [0.2, 0.25) is 0 Å². The van der Waals surface area contributed by atoms with Crippen LogP contribution in [0, 0.1) is 12.8 Å². The van der Waals surface area contributed by atoms with Gasteiger partial charge in [0.1, 0.15) is 6.61 Å². The molecule has 0 amide bonds. The van der Waals surface area contributed by atoms with E-state index in [0.717, 1.165) is 48.1 Å². The van der Waals surface area contributed by atoms with Gasteiger partial charge in [0, 0.05) is 28.1 Å². The predicted molar refractivity (Wildman–Crippen MR) is 137 cm³/mol. The van der Waals surface area contributed by atoms with E-state index in [9.17, 15) is 18.0 Å². The molecule has 0 aromatic heterocycles. The van der Waals surface area contributed by atoms with E-state index in [2.05, 4.69) is 25.9 Å². The van der Waals surface area contributed by atoms with Crippen molar-refractivity contribution < 1.29 is 22.8 Å². The molecule has 0 bridgehead atoms. The fourth-order valence-electron chi connectivity index (χ4n) is 3.59. The third-order valence-electron chi connectivity index (χ3n) is 5.68. The second-order valence-corrected chi connectivity index (χ2v) is 9.41. The summed E-state index contributed by atoms with van der Waals surface area (Å²) in [5.74, 6) is 0.515. The van der Waals surface area contributed by atoms with Gasteiger partial charge in [-0.3, -0.25) is 4.79 Å². The Kier molecular flexibility index (Phi) is 10.6. The number of hydrogen-bond donors (Lipinski definition) is 0. The first kappa shape index (κ1) is 28.6. The van der Waals surface area contributed by atoms with E-state index < -0.39 is 11.7 Å². The Morgan fingerprint density at radius 2 is 1.89 bits per heavy atom. The number of allylic oxidation sites excluding steroid dienone is 2. The number of carbonyl (C=O) groups excluding carboxylic acids is 1. The molecule has 2 rings (SSSR count). The number of aryl methyl sites for hydroxylation is 1. The zero-order valence-corrected chi connectivity index (χ0v) is 21.7. The summed E-state index contributed by atoms with van der Waals surface area (Å²) in [5, 5.41) is 4.19. The van der Waals surface area contributed by atoms with Crippen LogP contribution in [0.2, 0.25) is 5.02 Å². The van der Waals surface area contributed by atoms with Crippen LogP contribution in [0.4, 0.5) is 13.2 Å². The number of carbonyl (C=O) groups is 1. The molecule has 0 aliphatic carbocycles. The predicted octanol–water partition coefficient (Wildman–Crippen LogP) is 8.80. The molecule has 0 fully saturated rings. The second-order valence-electron chi connectivity index (χ2n) is 9.01. The molecule has 190 valence electrons. The van der Waals surface area contributed by atoms with E-state index in [4.69, 9.17) is 16.4 Å². The molecule has 0 N–H and O–H groups in total. The molecule has 0 aliphatic heterocycles. The van der Waals surface area contributed by atoms with Gasteiger partial charge < -0.3 is 4.84 Å². The summed E-state index contributed by atoms with van der Waals surface area (Å²) in [5.41, 5.74) is 2.81. The lowest BCUT2D eigenvalue weighted by Gasteiger charge is -2.16. The van der Waals surface area contributed by atoms with Crippen LogP contribution in [0.3, 0.4) is 0 Å². The Hall–Kier alpha value is -2.60. The van der Waals surface area contributed by atoms with Crippen molar-refractivity contribution in [3.63, 3.8) is 0 Å². The molecule has 0 unspecified atom stereocenters. The highest BCUT2D eigenvalue weighted by molar-refractivity contribution is 6.34. The van der Waals surface area contributed by atoms with Gasteiger partial charge in [0.05, 0.1) is 11.3 Å². The summed E-state index contributed by atoms with van der Waals surface area (Å²) >= 11 is 6.12. The Bertz CT molecular complexity index is 1090. The maximum atomic E-state index is 13.1. The highest BCUT2D eigenvalue weighted by atomic mass is 35.5. The lowest BCUT2D eigenvalue weighted by Crippen LogP contribution is -2.09. The molecular weight excluding hydrogens is 475 g/mol. The number of ketones is 1. The van der Waals surface area contributed by atoms with Crippen molar-refractivity contribution in [3.8, 4) is 0 Å². The minimum atomic E-state index is -4.49. The molecule has 35 heavy (non-hydrogen) atoms. The number of rotatable bonds is 11. The molecule has 0 aliphatic rings. The van der Waals surface area contributed by atoms with Crippen LogP contribution in [0.1, 0.15) is 81.2 Å². The Balaban J connectivity index is 2.33. The van der Waals surface area contributed by atoms with Gasteiger partial charge in [-0.1, -0.05) is 68.2 Å². The van der Waals surface area contributed by atoms with Crippen LogP contribution in [-0.2, 0) is 22.4 Å². The number of alkyl halides is 3. The van der Waals surface area contributed by atoms with Gasteiger partial charge in [-0.25, -0.2) is 0 Å². The van der Waals surface area contributed by atoms with Crippen molar-refractivity contribution in [2.75, 3.05) is 0 Å². The van der Waals surface area contributed by atoms with E-state index in [1.165, 1.54) is 6.07 Å². The number of hydrogen-bond acceptors (Lipinski definition) is 3. The van der Waals surface area contributed by atoms with Crippen LogP contribution < -0.4 is 0 Å². The summed E-state index contributed by atoms with van der Waals surface area (Å²) in [6, 6.07) is 8.83. The lowest BCUT2D eigenvalue weighted by molar-refractivity contribution is -0.137. The molecule has 0 spiro atoms. The van der Waals surface area contributed by atoms with Crippen molar-refractivity contribution in [1.82, 2.24) is 0 Å². The normalized spacial score (nSPS) is 12.9. The zero-order valence-electron chi connectivity index (χ0n) is 20.9. The largest absolute Gasteiger partial charge is 0.416 e. The van der Waals surface area contributed by atoms with Crippen molar-refractivity contribution in [1.29, 1.82) is 0 Å². The van der Waals surface area contributed by atoms with Crippen molar-refractivity contribution in [2.24, 2.45) is 11.1 Å². The summed E-state index contributed by atoms with van der Waals surface area (Å²) in [4.78, 5) is 18.7. The van der Waals surface area contributed by atoms with E-state index in [1.807, 2.05) is 31.2 Å². The molecule has 3 nitrogen and oxygen atoms in total. The number of benzene rings is 2. The minimum absolute atomic E-state index is 0.0663. The molecule has 0 saturated heterocycles. The van der Waals surface area contributed by atoms with Crippen LogP contribution in [0.15, 0.2) is 47.6 Å². The Morgan fingerprint density at radius 3 is 2.51 bits per heavy atom. The topological polar surface area (TPSA) is 38.7 Å². The lowest BCUT2D eigenvalue weighted by atomic mass is 9.90. The van der Waals surface area contributed by atoms with Crippen molar-refractivity contribution >= 4 is 28.7 Å². The maximum Gasteiger partial charge on any atom is 0.416 e. The van der Waals surface area contributed by atoms with Gasteiger partial charge in [0.15, 0.2) is 5.78 Å². The monoisotopic (exact) mass is 507 g/mol. The molecule has 7 heteroatoms. The molecule has 2 aromatic carbocycles. The highest BCUT2D eigenvalue weighted by Crippen LogP contribution is 2.32. The highest BCUT2D eigenvalue weighted by Gasteiger charge is 2.31. The first-order chi connectivity index (χ1) is 16.5. The average Bonchev–Trinajstić information content (AvgIpc) is 2.78. The van der Waals surface area contributed by atoms with Gasteiger partial charge >= 0.3 is 6.18 Å². The SMILES string of the molecule is CCC/C=C(\C(=O)CCC(C)C)c1cccc(C)c1CO/N=C(\C)c1cc(C(F)(F)F)ccc1Cl. The quantitative estimate of drug-likeness (QED) is 0.173. The molecule has 2 aromatic rings. The number of Topliss-reactive ketones (excluding diaryl/α,β-unsaturated/α-hetero) is 1. The van der Waals surface area contributed by atoms with E-state index in [-0.39, 0.29) is 28.7 Å². The molecule has 0 atom stereocenters. The number of nitrogens with zero attached hydrogens (tertiary/aromatic N) is 1. The second kappa shape index (κ2) is 12.9. The Labute approximate surface area is 211 Å².